The number of benzene rings is 1. The molecule has 24 heavy (non-hydrogen) atoms. The highest BCUT2D eigenvalue weighted by Crippen LogP contribution is 2.31. The van der Waals surface area contributed by atoms with Gasteiger partial charge in [0, 0.05) is 19.7 Å². The molecular weight excluding hydrogens is 322 g/mol. The van der Waals surface area contributed by atoms with Crippen LogP contribution in [0.15, 0.2) is 41.8 Å². The van der Waals surface area contributed by atoms with Crippen molar-refractivity contribution in [2.75, 3.05) is 13.7 Å². The number of carbonyl (C=O) groups is 1. The smallest absolute Gasteiger partial charge is 0.264 e. The van der Waals surface area contributed by atoms with Gasteiger partial charge in [-0.25, -0.2) is 0 Å². The molecule has 1 saturated carbocycles. The largest absolute Gasteiger partial charge is 0.488 e. The maximum absolute atomic E-state index is 12.7. The molecule has 1 fully saturated rings. The summed E-state index contributed by atoms with van der Waals surface area (Å²) in [5, 5.41) is 1.95. The van der Waals surface area contributed by atoms with Gasteiger partial charge in [-0.15, -0.1) is 11.3 Å². The maximum Gasteiger partial charge on any atom is 0.264 e. The second-order valence-corrected chi connectivity index (χ2v) is 7.12. The number of hydrogen-bond donors (Lipinski definition) is 0. The number of nitrogens with zero attached hydrogens (tertiary/aromatic N) is 1. The van der Waals surface area contributed by atoms with Crippen molar-refractivity contribution in [2.45, 2.75) is 38.5 Å². The fourth-order valence-electron chi connectivity index (χ4n) is 2.71. The molecule has 1 amide bonds. The lowest BCUT2D eigenvalue weighted by molar-refractivity contribution is 0.0734. The molecule has 2 aromatic rings. The van der Waals surface area contributed by atoms with E-state index in [2.05, 4.69) is 0 Å². The second-order valence-electron chi connectivity index (χ2n) is 6.17. The van der Waals surface area contributed by atoms with Crippen molar-refractivity contribution < 1.29 is 14.3 Å². The molecule has 0 aliphatic heterocycles. The van der Waals surface area contributed by atoms with E-state index in [1.165, 1.54) is 11.3 Å². The molecule has 0 radical (unpaired) electrons. The monoisotopic (exact) mass is 345 g/mol. The molecule has 0 unspecified atom stereocenters. The van der Waals surface area contributed by atoms with Crippen molar-refractivity contribution in [1.29, 1.82) is 0 Å². The number of ether oxygens (including phenoxy) is 2. The summed E-state index contributed by atoms with van der Waals surface area (Å²) in [4.78, 5) is 15.5. The predicted octanol–water partition coefficient (Wildman–Crippen LogP) is 3.97. The Morgan fingerprint density at radius 3 is 2.83 bits per heavy atom. The topological polar surface area (TPSA) is 38.8 Å². The Morgan fingerprint density at radius 1 is 1.33 bits per heavy atom. The van der Waals surface area contributed by atoms with E-state index in [4.69, 9.17) is 9.47 Å². The van der Waals surface area contributed by atoms with Crippen LogP contribution in [-0.2, 0) is 11.3 Å². The molecule has 0 spiro atoms. The fourth-order valence-corrected chi connectivity index (χ4v) is 3.39. The minimum atomic E-state index is -0.00228. The van der Waals surface area contributed by atoms with Crippen molar-refractivity contribution in [2.24, 2.45) is 0 Å². The van der Waals surface area contributed by atoms with Crippen molar-refractivity contribution in [3.63, 3.8) is 0 Å². The van der Waals surface area contributed by atoms with E-state index in [1.807, 2.05) is 53.6 Å². The van der Waals surface area contributed by atoms with Gasteiger partial charge in [0.15, 0.2) is 0 Å². The van der Waals surface area contributed by atoms with Gasteiger partial charge in [0.2, 0.25) is 0 Å². The van der Waals surface area contributed by atoms with Gasteiger partial charge in [-0.1, -0.05) is 18.2 Å². The minimum Gasteiger partial charge on any atom is -0.488 e. The molecule has 1 aromatic carbocycles. The van der Waals surface area contributed by atoms with Crippen molar-refractivity contribution in [3.8, 4) is 5.75 Å². The highest BCUT2D eigenvalue weighted by Gasteiger charge is 2.33. The summed E-state index contributed by atoms with van der Waals surface area (Å²) in [5.41, 5.74) is 1.09. The van der Waals surface area contributed by atoms with E-state index in [1.54, 1.807) is 7.11 Å². The molecule has 4 nitrogen and oxygen atoms in total. The first kappa shape index (κ1) is 17.0. The Balaban J connectivity index is 1.70. The highest BCUT2D eigenvalue weighted by atomic mass is 32.1. The molecule has 1 aliphatic rings. The molecular formula is C19H23NO3S. The van der Waals surface area contributed by atoms with Crippen LogP contribution in [0.1, 0.15) is 35.0 Å². The first-order chi connectivity index (χ1) is 11.7. The lowest BCUT2D eigenvalue weighted by Gasteiger charge is -2.22. The SMILES string of the molecule is COC[C@@H](C)Oc1cccc(CN(C(=O)c2cccs2)C2CC2)c1. The summed E-state index contributed by atoms with van der Waals surface area (Å²) < 4.78 is 11.0. The number of methoxy groups -OCH3 is 1. The Labute approximate surface area is 147 Å². The third kappa shape index (κ3) is 4.36. The molecule has 0 bridgehead atoms. The molecule has 5 heteroatoms. The van der Waals surface area contributed by atoms with Crippen molar-refractivity contribution >= 4 is 17.2 Å². The Kier molecular flexibility index (Phi) is 5.53. The Morgan fingerprint density at radius 2 is 2.17 bits per heavy atom. The van der Waals surface area contributed by atoms with E-state index < -0.39 is 0 Å². The summed E-state index contributed by atoms with van der Waals surface area (Å²) in [6, 6.07) is 12.2. The van der Waals surface area contributed by atoms with Gasteiger partial charge in [-0.2, -0.15) is 0 Å². The van der Waals surface area contributed by atoms with Gasteiger partial charge in [-0.05, 0) is 48.9 Å². The zero-order chi connectivity index (χ0) is 16.9. The predicted molar refractivity (Wildman–Crippen MR) is 95.6 cm³/mol. The average Bonchev–Trinajstić information content (AvgIpc) is 3.26. The van der Waals surface area contributed by atoms with E-state index in [9.17, 15) is 4.79 Å². The van der Waals surface area contributed by atoms with E-state index in [-0.39, 0.29) is 12.0 Å². The van der Waals surface area contributed by atoms with Crippen LogP contribution in [-0.4, -0.2) is 36.7 Å². The zero-order valence-electron chi connectivity index (χ0n) is 14.1. The number of rotatable bonds is 8. The molecule has 1 atom stereocenters. The molecule has 1 aromatic heterocycles. The summed E-state index contributed by atoms with van der Waals surface area (Å²) in [7, 11) is 1.67. The normalized spacial score (nSPS) is 15.1. The molecule has 0 saturated heterocycles. The van der Waals surface area contributed by atoms with Gasteiger partial charge >= 0.3 is 0 Å². The average molecular weight is 345 g/mol. The summed E-state index contributed by atoms with van der Waals surface area (Å²) in [6.45, 7) is 3.15. The number of thiophene rings is 1. The Hall–Kier alpha value is -1.85. The fraction of sp³-hybridized carbons (Fsp3) is 0.421. The van der Waals surface area contributed by atoms with Crippen LogP contribution < -0.4 is 4.74 Å². The van der Waals surface area contributed by atoms with Crippen LogP contribution in [0.4, 0.5) is 0 Å². The standard InChI is InChI=1S/C19H23NO3S/c1-14(13-22-2)23-17-6-3-5-15(11-17)12-20(16-8-9-16)19(21)18-7-4-10-24-18/h3-7,10-11,14,16H,8-9,12-13H2,1-2H3/t14-/m1/s1. The summed E-state index contributed by atoms with van der Waals surface area (Å²) >= 11 is 1.50. The van der Waals surface area contributed by atoms with Gasteiger partial charge in [-0.3, -0.25) is 4.79 Å². The van der Waals surface area contributed by atoms with Gasteiger partial charge in [0.05, 0.1) is 11.5 Å². The van der Waals surface area contributed by atoms with Crippen LogP contribution in [0.5, 0.6) is 5.75 Å². The number of carbonyl (C=O) groups excluding carboxylic acids is 1. The third-order valence-electron chi connectivity index (χ3n) is 3.97. The summed E-state index contributed by atoms with van der Waals surface area (Å²) in [5.74, 6) is 0.947. The van der Waals surface area contributed by atoms with Crippen LogP contribution in [0.25, 0.3) is 0 Å². The molecule has 128 valence electrons. The zero-order valence-corrected chi connectivity index (χ0v) is 14.9. The number of hydrogen-bond acceptors (Lipinski definition) is 4. The second kappa shape index (κ2) is 7.81. The van der Waals surface area contributed by atoms with Crippen molar-refractivity contribution in [1.82, 2.24) is 4.90 Å². The molecule has 3 rings (SSSR count). The van der Waals surface area contributed by atoms with Crippen LogP contribution >= 0.6 is 11.3 Å². The lowest BCUT2D eigenvalue weighted by atomic mass is 10.2. The van der Waals surface area contributed by atoms with E-state index in [0.717, 1.165) is 29.0 Å². The molecule has 1 heterocycles. The minimum absolute atomic E-state index is 0.00228. The third-order valence-corrected chi connectivity index (χ3v) is 4.83. The van der Waals surface area contributed by atoms with Gasteiger partial charge in [0.25, 0.3) is 5.91 Å². The van der Waals surface area contributed by atoms with Crippen molar-refractivity contribution in [3.05, 3.63) is 52.2 Å². The lowest BCUT2D eigenvalue weighted by Crippen LogP contribution is -2.32. The quantitative estimate of drug-likeness (QED) is 0.727. The summed E-state index contributed by atoms with van der Waals surface area (Å²) in [6.07, 6.45) is 2.19. The maximum atomic E-state index is 12.7. The van der Waals surface area contributed by atoms with Gasteiger partial charge in [0.1, 0.15) is 11.9 Å². The van der Waals surface area contributed by atoms with E-state index in [0.29, 0.717) is 19.2 Å². The Bertz CT molecular complexity index is 667. The van der Waals surface area contributed by atoms with E-state index >= 15 is 0 Å². The highest BCUT2D eigenvalue weighted by molar-refractivity contribution is 7.12. The molecule has 1 aliphatic carbocycles. The molecule has 0 N–H and O–H groups in total. The first-order valence-corrected chi connectivity index (χ1v) is 9.14. The van der Waals surface area contributed by atoms with Crippen LogP contribution in [0.3, 0.4) is 0 Å². The number of amides is 1. The first-order valence-electron chi connectivity index (χ1n) is 8.26. The van der Waals surface area contributed by atoms with Crippen LogP contribution in [0.2, 0.25) is 0 Å². The van der Waals surface area contributed by atoms with Crippen LogP contribution in [0, 0.1) is 0 Å². The van der Waals surface area contributed by atoms with Gasteiger partial charge < -0.3 is 14.4 Å².